The van der Waals surface area contributed by atoms with Gasteiger partial charge in [-0.25, -0.2) is 0 Å². The van der Waals surface area contributed by atoms with Gasteiger partial charge in [0.2, 0.25) is 0 Å². The molecule has 0 aliphatic heterocycles. The fourth-order valence-electron chi connectivity index (χ4n) is 2.41. The first kappa shape index (κ1) is 26.3. The maximum absolute atomic E-state index is 12.2. The Hall–Kier alpha value is -2.76. The summed E-state index contributed by atoms with van der Waals surface area (Å²) in [5.41, 5.74) is 2.76. The van der Waals surface area contributed by atoms with Gasteiger partial charge in [0.15, 0.2) is 0 Å². The van der Waals surface area contributed by atoms with Crippen LogP contribution in [0.25, 0.3) is 0 Å². The SMILES string of the molecule is Cc1cc(C(F)(F)F)cc(C(F)(F)F)c1.Cc1ccc(C)cc1.Cc1ccccc1C. The standard InChI is InChI=1S/C9H6F6.2C8H10/c1-5-2-6(8(10,11)12)4-7(3-5)9(13,14)15;1-7-3-5-8(2)6-4-7;1-7-5-3-4-6-8(7)2/h2-4H,1H3;2*3-6H,1-2H3. The summed E-state index contributed by atoms with van der Waals surface area (Å²) in [6.45, 7) is 9.62. The molecule has 0 fully saturated rings. The van der Waals surface area contributed by atoms with Gasteiger partial charge in [-0.15, -0.1) is 0 Å². The second-order valence-electron chi connectivity index (χ2n) is 7.32. The molecule has 0 radical (unpaired) electrons. The lowest BCUT2D eigenvalue weighted by Gasteiger charge is -2.12. The van der Waals surface area contributed by atoms with E-state index < -0.39 is 23.5 Å². The molecule has 0 N–H and O–H groups in total. The number of hydrogen-bond donors (Lipinski definition) is 0. The molecule has 0 atom stereocenters. The van der Waals surface area contributed by atoms with Crippen LogP contribution in [0.2, 0.25) is 0 Å². The minimum atomic E-state index is -4.76. The maximum atomic E-state index is 12.2. The zero-order valence-electron chi connectivity index (χ0n) is 18.1. The quantitative estimate of drug-likeness (QED) is 0.307. The lowest BCUT2D eigenvalue weighted by Crippen LogP contribution is -2.11. The topological polar surface area (TPSA) is 0 Å². The molecule has 0 nitrogen and oxygen atoms in total. The molecule has 0 amide bonds. The van der Waals surface area contributed by atoms with E-state index in [9.17, 15) is 26.3 Å². The lowest BCUT2D eigenvalue weighted by molar-refractivity contribution is -0.143. The summed E-state index contributed by atoms with van der Waals surface area (Å²) >= 11 is 0. The maximum Gasteiger partial charge on any atom is 0.416 e. The zero-order chi connectivity index (χ0) is 23.8. The Kier molecular flexibility index (Phi) is 9.35. The van der Waals surface area contributed by atoms with Crippen molar-refractivity contribution in [1.82, 2.24) is 0 Å². The van der Waals surface area contributed by atoms with Crippen molar-refractivity contribution < 1.29 is 26.3 Å². The molecule has 0 spiro atoms. The highest BCUT2D eigenvalue weighted by atomic mass is 19.4. The Balaban J connectivity index is 0.000000253. The summed E-state index contributed by atoms with van der Waals surface area (Å²) in [4.78, 5) is 0. The van der Waals surface area contributed by atoms with E-state index in [-0.39, 0.29) is 11.6 Å². The average Bonchev–Trinajstić information content (AvgIpc) is 2.66. The Morgan fingerprint density at radius 1 is 0.452 bits per heavy atom. The van der Waals surface area contributed by atoms with Crippen molar-refractivity contribution in [2.75, 3.05) is 0 Å². The summed E-state index contributed by atoms with van der Waals surface area (Å²) in [6.07, 6.45) is -9.52. The van der Waals surface area contributed by atoms with Gasteiger partial charge >= 0.3 is 12.4 Å². The van der Waals surface area contributed by atoms with Gasteiger partial charge in [0, 0.05) is 0 Å². The monoisotopic (exact) mass is 440 g/mol. The van der Waals surface area contributed by atoms with Crippen molar-refractivity contribution in [3.8, 4) is 0 Å². The minimum Gasteiger partial charge on any atom is -0.166 e. The second-order valence-corrected chi connectivity index (χ2v) is 7.32. The van der Waals surface area contributed by atoms with Crippen LogP contribution in [0.4, 0.5) is 26.3 Å². The van der Waals surface area contributed by atoms with E-state index in [1.165, 1.54) is 29.2 Å². The van der Waals surface area contributed by atoms with Gasteiger partial charge in [-0.3, -0.25) is 0 Å². The molecule has 0 heterocycles. The Labute approximate surface area is 179 Å². The van der Waals surface area contributed by atoms with Crippen molar-refractivity contribution in [2.45, 2.75) is 47.0 Å². The number of rotatable bonds is 0. The predicted molar refractivity (Wildman–Crippen MR) is 113 cm³/mol. The average molecular weight is 440 g/mol. The van der Waals surface area contributed by atoms with Crippen LogP contribution in [0.1, 0.15) is 38.9 Å². The van der Waals surface area contributed by atoms with Crippen molar-refractivity contribution in [2.24, 2.45) is 0 Å². The Morgan fingerprint density at radius 3 is 1.03 bits per heavy atom. The van der Waals surface area contributed by atoms with Crippen LogP contribution >= 0.6 is 0 Å². The van der Waals surface area contributed by atoms with E-state index in [2.05, 4.69) is 76.2 Å². The van der Waals surface area contributed by atoms with Gasteiger partial charge in [-0.1, -0.05) is 59.7 Å². The molecule has 31 heavy (non-hydrogen) atoms. The van der Waals surface area contributed by atoms with Crippen LogP contribution in [-0.4, -0.2) is 0 Å². The zero-order valence-corrected chi connectivity index (χ0v) is 18.1. The Morgan fingerprint density at radius 2 is 0.774 bits per heavy atom. The highest BCUT2D eigenvalue weighted by Crippen LogP contribution is 2.36. The van der Waals surface area contributed by atoms with Gasteiger partial charge in [0.05, 0.1) is 11.1 Å². The normalized spacial score (nSPS) is 11.1. The summed E-state index contributed by atoms with van der Waals surface area (Å²) in [6, 6.07) is 18.3. The van der Waals surface area contributed by atoms with Gasteiger partial charge < -0.3 is 0 Å². The fraction of sp³-hybridized carbons (Fsp3) is 0.280. The highest BCUT2D eigenvalue weighted by molar-refractivity contribution is 5.32. The summed E-state index contributed by atoms with van der Waals surface area (Å²) in [5.74, 6) is 0. The van der Waals surface area contributed by atoms with Gasteiger partial charge in [0.1, 0.15) is 0 Å². The van der Waals surface area contributed by atoms with E-state index in [0.717, 1.165) is 0 Å². The van der Waals surface area contributed by atoms with Crippen molar-refractivity contribution in [3.63, 3.8) is 0 Å². The summed E-state index contributed by atoms with van der Waals surface area (Å²) in [7, 11) is 0. The van der Waals surface area contributed by atoms with E-state index in [4.69, 9.17) is 0 Å². The summed E-state index contributed by atoms with van der Waals surface area (Å²) < 4.78 is 73.0. The first-order chi connectivity index (χ1) is 14.2. The minimum absolute atomic E-state index is 0.0721. The molecule has 3 aromatic rings. The highest BCUT2D eigenvalue weighted by Gasteiger charge is 2.36. The van der Waals surface area contributed by atoms with Crippen molar-refractivity contribution in [3.05, 3.63) is 106 Å². The van der Waals surface area contributed by atoms with Crippen LogP contribution in [-0.2, 0) is 12.4 Å². The van der Waals surface area contributed by atoms with E-state index in [1.54, 1.807) is 0 Å². The van der Waals surface area contributed by atoms with Crippen molar-refractivity contribution >= 4 is 0 Å². The number of halogens is 6. The molecule has 168 valence electrons. The molecule has 3 rings (SSSR count). The lowest BCUT2D eigenvalue weighted by atomic mass is 10.1. The number of alkyl halides is 6. The predicted octanol–water partition coefficient (Wildman–Crippen LogP) is 8.64. The van der Waals surface area contributed by atoms with Gasteiger partial charge in [0.25, 0.3) is 0 Å². The van der Waals surface area contributed by atoms with E-state index in [1.807, 2.05) is 0 Å². The van der Waals surface area contributed by atoms with Gasteiger partial charge in [-0.05, 0) is 69.5 Å². The molecule has 0 saturated heterocycles. The number of hydrogen-bond acceptors (Lipinski definition) is 0. The first-order valence-corrected chi connectivity index (χ1v) is 9.51. The van der Waals surface area contributed by atoms with Crippen LogP contribution in [0, 0.1) is 34.6 Å². The number of benzene rings is 3. The van der Waals surface area contributed by atoms with Crippen LogP contribution in [0.3, 0.4) is 0 Å². The number of aryl methyl sites for hydroxylation is 5. The largest absolute Gasteiger partial charge is 0.416 e. The molecule has 3 aromatic carbocycles. The van der Waals surface area contributed by atoms with Crippen LogP contribution < -0.4 is 0 Å². The smallest absolute Gasteiger partial charge is 0.166 e. The second kappa shape index (κ2) is 11.0. The molecular weight excluding hydrogens is 414 g/mol. The summed E-state index contributed by atoms with van der Waals surface area (Å²) in [5, 5.41) is 0. The Bertz CT molecular complexity index is 877. The molecular formula is C25H26F6. The van der Waals surface area contributed by atoms with Crippen LogP contribution in [0.5, 0.6) is 0 Å². The van der Waals surface area contributed by atoms with Gasteiger partial charge in [-0.2, -0.15) is 26.3 Å². The molecule has 0 aliphatic carbocycles. The molecule has 0 bridgehead atoms. The fourth-order valence-corrected chi connectivity index (χ4v) is 2.41. The molecule has 0 unspecified atom stereocenters. The van der Waals surface area contributed by atoms with E-state index in [0.29, 0.717) is 12.1 Å². The molecule has 0 aromatic heterocycles. The third-order valence-electron chi connectivity index (χ3n) is 4.38. The third-order valence-corrected chi connectivity index (χ3v) is 4.38. The molecule has 6 heteroatoms. The first-order valence-electron chi connectivity index (χ1n) is 9.51. The third kappa shape index (κ3) is 9.73. The molecule has 0 aliphatic rings. The van der Waals surface area contributed by atoms with E-state index >= 15 is 0 Å². The molecule has 0 saturated carbocycles. The van der Waals surface area contributed by atoms with Crippen molar-refractivity contribution in [1.29, 1.82) is 0 Å². The van der Waals surface area contributed by atoms with Crippen LogP contribution in [0.15, 0.2) is 66.7 Å².